The number of carbonyl (C=O) groups excluding carboxylic acids is 1. The lowest BCUT2D eigenvalue weighted by atomic mass is 10.1. The largest absolute Gasteiger partial charge is 0.479 e. The van der Waals surface area contributed by atoms with E-state index in [4.69, 9.17) is 9.72 Å². The molecule has 254 valence electrons. The van der Waals surface area contributed by atoms with Crippen molar-refractivity contribution in [2.24, 2.45) is 0 Å². The second kappa shape index (κ2) is 15.0. The van der Waals surface area contributed by atoms with E-state index in [1.165, 1.54) is 30.4 Å². The van der Waals surface area contributed by atoms with Gasteiger partial charge in [0.05, 0.1) is 11.3 Å². The summed E-state index contributed by atoms with van der Waals surface area (Å²) in [7, 11) is 3.91. The summed E-state index contributed by atoms with van der Waals surface area (Å²) in [5.74, 6) is 0.0394. The Bertz CT molecular complexity index is 1740. The fourth-order valence-corrected chi connectivity index (χ4v) is 7.36. The third-order valence-electron chi connectivity index (χ3n) is 8.07. The zero-order valence-electron chi connectivity index (χ0n) is 27.1. The highest BCUT2D eigenvalue weighted by atomic mass is 32.2. The number of thiazole rings is 1. The molecular weight excluding hydrogens is 662 g/mol. The fraction of sp³-hybridized carbons (Fsp3) is 0.343. The number of hydrogen-bond donors (Lipinski definition) is 1. The minimum Gasteiger partial charge on any atom is -0.479 e. The number of alkyl halides is 3. The molecule has 1 aliphatic heterocycles. The van der Waals surface area contributed by atoms with Crippen molar-refractivity contribution in [1.29, 1.82) is 0 Å². The summed E-state index contributed by atoms with van der Waals surface area (Å²) >= 11 is 3.05. The number of aliphatic carboxylic acids is 1. The van der Waals surface area contributed by atoms with Crippen molar-refractivity contribution in [2.75, 3.05) is 45.2 Å². The Labute approximate surface area is 286 Å². The number of piperazine rings is 1. The number of carboxylic acid groups (broad SMARTS) is 1. The lowest BCUT2D eigenvalue weighted by Crippen LogP contribution is -2.48. The van der Waals surface area contributed by atoms with Gasteiger partial charge in [0.15, 0.2) is 6.10 Å². The number of carboxylic acids is 1. The Morgan fingerprint density at radius 3 is 2.27 bits per heavy atom. The molecule has 0 spiro atoms. The van der Waals surface area contributed by atoms with Gasteiger partial charge in [0.2, 0.25) is 0 Å². The zero-order valence-corrected chi connectivity index (χ0v) is 28.7. The molecule has 1 N–H and O–H groups in total. The molecule has 0 bridgehead atoms. The van der Waals surface area contributed by atoms with Crippen LogP contribution in [0.4, 0.5) is 18.9 Å². The first kappa shape index (κ1) is 35.2. The van der Waals surface area contributed by atoms with E-state index in [0.29, 0.717) is 60.4 Å². The molecule has 1 atom stereocenters. The van der Waals surface area contributed by atoms with Gasteiger partial charge in [-0.1, -0.05) is 12.1 Å². The highest BCUT2D eigenvalue weighted by Crippen LogP contribution is 2.36. The number of aryl methyl sites for hydroxylation is 1. The van der Waals surface area contributed by atoms with Gasteiger partial charge in [-0.25, -0.2) is 9.78 Å². The van der Waals surface area contributed by atoms with Crippen LogP contribution < -0.4 is 9.64 Å². The molecule has 4 aromatic rings. The second-order valence-electron chi connectivity index (χ2n) is 11.8. The molecule has 1 aliphatic rings. The molecule has 1 aromatic heterocycles. The summed E-state index contributed by atoms with van der Waals surface area (Å²) in [5.41, 5.74) is 3.25. The molecule has 1 fully saturated rings. The number of halogens is 3. The van der Waals surface area contributed by atoms with Crippen molar-refractivity contribution in [1.82, 2.24) is 14.8 Å². The molecule has 0 radical (unpaired) electrons. The van der Waals surface area contributed by atoms with Crippen LogP contribution in [0.2, 0.25) is 0 Å². The smallest absolute Gasteiger partial charge is 0.416 e. The van der Waals surface area contributed by atoms with E-state index in [1.54, 1.807) is 17.8 Å². The minimum absolute atomic E-state index is 0.000534. The summed E-state index contributed by atoms with van der Waals surface area (Å²) in [4.78, 5) is 37.3. The summed E-state index contributed by atoms with van der Waals surface area (Å²) in [6.45, 7) is 6.35. The van der Waals surface area contributed by atoms with E-state index in [9.17, 15) is 27.9 Å². The van der Waals surface area contributed by atoms with Crippen LogP contribution in [0, 0.1) is 6.92 Å². The maximum Gasteiger partial charge on any atom is 0.416 e. The predicted molar refractivity (Wildman–Crippen MR) is 183 cm³/mol. The molecule has 2 heterocycles. The Morgan fingerprint density at radius 2 is 1.69 bits per heavy atom. The number of hydrogen-bond acceptors (Lipinski definition) is 8. The Morgan fingerprint density at radius 1 is 1.02 bits per heavy atom. The lowest BCUT2D eigenvalue weighted by Gasteiger charge is -2.34. The van der Waals surface area contributed by atoms with E-state index in [0.717, 1.165) is 38.9 Å². The summed E-state index contributed by atoms with van der Waals surface area (Å²) in [5, 5.41) is 9.82. The van der Waals surface area contributed by atoms with Crippen LogP contribution in [0.25, 0.3) is 10.6 Å². The van der Waals surface area contributed by atoms with E-state index >= 15 is 0 Å². The first-order valence-corrected chi connectivity index (χ1v) is 17.2. The summed E-state index contributed by atoms with van der Waals surface area (Å²) < 4.78 is 45.2. The second-order valence-corrected chi connectivity index (χ2v) is 13.9. The molecule has 48 heavy (non-hydrogen) atoms. The number of thioether (sulfide) groups is 1. The third kappa shape index (κ3) is 8.69. The summed E-state index contributed by atoms with van der Waals surface area (Å²) in [6, 6.07) is 18.2. The normalized spacial score (nSPS) is 14.5. The maximum absolute atomic E-state index is 13.2. The number of carbonyl (C=O) groups is 2. The maximum atomic E-state index is 13.2. The number of aromatic nitrogens is 1. The van der Waals surface area contributed by atoms with Gasteiger partial charge in [-0.05, 0) is 74.0 Å². The fourth-order valence-electron chi connectivity index (χ4n) is 5.18. The Hall–Kier alpha value is -4.07. The van der Waals surface area contributed by atoms with Gasteiger partial charge >= 0.3 is 12.1 Å². The van der Waals surface area contributed by atoms with Gasteiger partial charge in [-0.15, -0.1) is 23.1 Å². The topological polar surface area (TPSA) is 86.2 Å². The Balaban J connectivity index is 1.29. The average molecular weight is 699 g/mol. The Kier molecular flexibility index (Phi) is 11.0. The van der Waals surface area contributed by atoms with E-state index in [2.05, 4.69) is 4.90 Å². The van der Waals surface area contributed by atoms with Crippen LogP contribution in [0.5, 0.6) is 5.75 Å². The molecule has 13 heteroatoms. The monoisotopic (exact) mass is 698 g/mol. The number of rotatable bonds is 11. The molecule has 1 amide bonds. The van der Waals surface area contributed by atoms with E-state index in [-0.39, 0.29) is 5.91 Å². The van der Waals surface area contributed by atoms with Crippen LogP contribution in [0.3, 0.4) is 0 Å². The van der Waals surface area contributed by atoms with E-state index in [1.807, 2.05) is 67.2 Å². The highest BCUT2D eigenvalue weighted by molar-refractivity contribution is 7.98. The van der Waals surface area contributed by atoms with Gasteiger partial charge in [0.25, 0.3) is 5.91 Å². The highest BCUT2D eigenvalue weighted by Gasteiger charge is 2.30. The summed E-state index contributed by atoms with van der Waals surface area (Å²) in [6.07, 6.45) is -5.39. The van der Waals surface area contributed by atoms with Crippen LogP contribution in [0.1, 0.15) is 39.0 Å². The van der Waals surface area contributed by atoms with Crippen LogP contribution >= 0.6 is 23.1 Å². The molecule has 0 aliphatic carbocycles. The van der Waals surface area contributed by atoms with Crippen molar-refractivity contribution in [3.8, 4) is 16.3 Å². The number of nitrogens with zero attached hydrogens (tertiary/aromatic N) is 4. The number of anilines is 1. The van der Waals surface area contributed by atoms with Gasteiger partial charge in [-0.2, -0.15) is 13.2 Å². The van der Waals surface area contributed by atoms with Crippen molar-refractivity contribution < 1.29 is 32.6 Å². The molecule has 8 nitrogen and oxygen atoms in total. The number of ether oxygens (including phenoxy) is 1. The van der Waals surface area contributed by atoms with Crippen molar-refractivity contribution >= 4 is 40.7 Å². The van der Waals surface area contributed by atoms with E-state index < -0.39 is 23.8 Å². The van der Waals surface area contributed by atoms with Crippen molar-refractivity contribution in [2.45, 2.75) is 43.3 Å². The van der Waals surface area contributed by atoms with Gasteiger partial charge in [-0.3, -0.25) is 9.69 Å². The molecule has 5 rings (SSSR count). The number of amides is 1. The number of benzene rings is 3. The van der Waals surface area contributed by atoms with Gasteiger partial charge in [0, 0.05) is 79.2 Å². The molecule has 1 saturated heterocycles. The average Bonchev–Trinajstić information content (AvgIpc) is 3.46. The van der Waals surface area contributed by atoms with Crippen LogP contribution in [-0.4, -0.2) is 78.1 Å². The molecule has 3 aromatic carbocycles. The molecule has 1 unspecified atom stereocenters. The first-order valence-electron chi connectivity index (χ1n) is 15.4. The molecule has 0 saturated carbocycles. The molecular formula is C35H37F3N4O4S2. The minimum atomic E-state index is -4.42. The quantitative estimate of drug-likeness (QED) is 0.163. The SMILES string of the molecule is Cc1cc(SCc2sc(-c3ccc(C(F)(F)F)cc3)nc2CN2CCN(C(=O)c3ccc(N(C)C)cc3)CC2)ccc1OC(C)C(=O)O. The van der Waals surface area contributed by atoms with Crippen molar-refractivity contribution in [3.05, 3.63) is 94.0 Å². The van der Waals surface area contributed by atoms with Crippen LogP contribution in [0.15, 0.2) is 71.6 Å². The standard InChI is InChI=1S/C35H37F3N4O4S2/c1-22-19-28(13-14-30(22)46-23(2)34(44)45)47-21-31-29(39-32(48-31)24-5-9-26(10-6-24)35(36,37)38)20-41-15-17-42(18-16-41)33(43)25-7-11-27(12-8-25)40(3)4/h5-14,19,23H,15-18,20-21H2,1-4H3,(H,44,45). The predicted octanol–water partition coefficient (Wildman–Crippen LogP) is 7.31. The zero-order chi connectivity index (χ0) is 34.6. The van der Waals surface area contributed by atoms with Crippen molar-refractivity contribution in [3.63, 3.8) is 0 Å². The first-order chi connectivity index (χ1) is 22.8. The third-order valence-corrected chi connectivity index (χ3v) is 10.4. The van der Waals surface area contributed by atoms with Crippen LogP contribution in [-0.2, 0) is 23.3 Å². The van der Waals surface area contributed by atoms with Gasteiger partial charge < -0.3 is 19.6 Å². The van der Waals surface area contributed by atoms with Gasteiger partial charge in [0.1, 0.15) is 10.8 Å². The lowest BCUT2D eigenvalue weighted by molar-refractivity contribution is -0.144.